The molecule has 0 spiro atoms. The average molecular weight is 302 g/mol. The Labute approximate surface area is 111 Å². The second-order valence-electron chi connectivity index (χ2n) is 3.84. The SMILES string of the molecule is O=c1cc(-c2cccc(Br)c2)oc2cccnc12. The van der Waals surface area contributed by atoms with E-state index in [1.807, 2.05) is 24.3 Å². The Morgan fingerprint density at radius 2 is 2.00 bits per heavy atom. The number of aromatic nitrogens is 1. The number of rotatable bonds is 1. The molecule has 0 bridgehead atoms. The highest BCUT2D eigenvalue weighted by Crippen LogP contribution is 2.23. The molecular formula is C14H8BrNO2. The highest BCUT2D eigenvalue weighted by atomic mass is 79.9. The normalized spacial score (nSPS) is 10.7. The van der Waals surface area contributed by atoms with E-state index in [0.717, 1.165) is 10.0 Å². The largest absolute Gasteiger partial charge is 0.454 e. The van der Waals surface area contributed by atoms with Gasteiger partial charge in [0.1, 0.15) is 5.76 Å². The first-order valence-electron chi connectivity index (χ1n) is 5.39. The van der Waals surface area contributed by atoms with Crippen molar-refractivity contribution in [2.75, 3.05) is 0 Å². The molecule has 1 aromatic carbocycles. The first kappa shape index (κ1) is 11.2. The number of hydrogen-bond donors (Lipinski definition) is 0. The molecule has 0 saturated carbocycles. The Balaban J connectivity index is 2.28. The summed E-state index contributed by atoms with van der Waals surface area (Å²) in [5.74, 6) is 0.543. The fraction of sp³-hybridized carbons (Fsp3) is 0. The Kier molecular flexibility index (Phi) is 2.72. The van der Waals surface area contributed by atoms with Crippen LogP contribution in [0.1, 0.15) is 0 Å². The summed E-state index contributed by atoms with van der Waals surface area (Å²) in [6.45, 7) is 0. The van der Waals surface area contributed by atoms with Gasteiger partial charge in [0.25, 0.3) is 0 Å². The molecule has 0 amide bonds. The molecule has 0 unspecified atom stereocenters. The van der Waals surface area contributed by atoms with Gasteiger partial charge >= 0.3 is 0 Å². The number of pyridine rings is 1. The van der Waals surface area contributed by atoms with Crippen LogP contribution in [-0.2, 0) is 0 Å². The lowest BCUT2D eigenvalue weighted by molar-refractivity contribution is 0.617. The zero-order valence-electron chi connectivity index (χ0n) is 9.26. The van der Waals surface area contributed by atoms with E-state index < -0.39 is 0 Å². The van der Waals surface area contributed by atoms with Crippen molar-refractivity contribution in [2.24, 2.45) is 0 Å². The van der Waals surface area contributed by atoms with Gasteiger partial charge in [-0.05, 0) is 24.3 Å². The van der Waals surface area contributed by atoms with Crippen molar-refractivity contribution in [3.63, 3.8) is 0 Å². The number of nitrogens with zero attached hydrogens (tertiary/aromatic N) is 1. The minimum Gasteiger partial charge on any atom is -0.454 e. The molecule has 3 nitrogen and oxygen atoms in total. The molecular weight excluding hydrogens is 294 g/mol. The first-order valence-corrected chi connectivity index (χ1v) is 6.18. The van der Waals surface area contributed by atoms with Crippen molar-refractivity contribution in [1.29, 1.82) is 0 Å². The van der Waals surface area contributed by atoms with Gasteiger partial charge in [0, 0.05) is 22.3 Å². The molecule has 0 aliphatic rings. The second kappa shape index (κ2) is 4.38. The summed E-state index contributed by atoms with van der Waals surface area (Å²) in [7, 11) is 0. The summed E-state index contributed by atoms with van der Waals surface area (Å²) in [4.78, 5) is 15.9. The van der Waals surface area contributed by atoms with E-state index in [1.165, 1.54) is 6.07 Å². The van der Waals surface area contributed by atoms with Crippen molar-refractivity contribution in [1.82, 2.24) is 4.98 Å². The van der Waals surface area contributed by atoms with Crippen LogP contribution in [0.5, 0.6) is 0 Å². The third kappa shape index (κ3) is 1.95. The second-order valence-corrected chi connectivity index (χ2v) is 4.75. The summed E-state index contributed by atoms with van der Waals surface area (Å²) < 4.78 is 6.64. The van der Waals surface area contributed by atoms with E-state index >= 15 is 0 Å². The van der Waals surface area contributed by atoms with Crippen LogP contribution in [0, 0.1) is 0 Å². The van der Waals surface area contributed by atoms with Crippen LogP contribution in [0.25, 0.3) is 22.4 Å². The highest BCUT2D eigenvalue weighted by Gasteiger charge is 2.07. The van der Waals surface area contributed by atoms with Crippen LogP contribution >= 0.6 is 15.9 Å². The molecule has 88 valence electrons. The van der Waals surface area contributed by atoms with E-state index in [2.05, 4.69) is 20.9 Å². The van der Waals surface area contributed by atoms with Crippen LogP contribution < -0.4 is 5.43 Å². The molecule has 3 aromatic rings. The molecule has 0 aliphatic carbocycles. The topological polar surface area (TPSA) is 43.1 Å². The quantitative estimate of drug-likeness (QED) is 0.689. The van der Waals surface area contributed by atoms with Crippen molar-refractivity contribution in [3.8, 4) is 11.3 Å². The zero-order valence-corrected chi connectivity index (χ0v) is 10.8. The molecule has 0 fully saturated rings. The molecule has 2 heterocycles. The fourth-order valence-corrected chi connectivity index (χ4v) is 2.18. The fourth-order valence-electron chi connectivity index (χ4n) is 1.78. The van der Waals surface area contributed by atoms with Gasteiger partial charge in [-0.25, -0.2) is 4.98 Å². The molecule has 0 aliphatic heterocycles. The molecule has 18 heavy (non-hydrogen) atoms. The predicted octanol–water partition coefficient (Wildman–Crippen LogP) is 3.62. The first-order chi connectivity index (χ1) is 8.74. The maximum Gasteiger partial charge on any atom is 0.211 e. The van der Waals surface area contributed by atoms with E-state index in [4.69, 9.17) is 4.42 Å². The average Bonchev–Trinajstić information content (AvgIpc) is 2.39. The minimum absolute atomic E-state index is 0.133. The molecule has 0 radical (unpaired) electrons. The van der Waals surface area contributed by atoms with E-state index in [0.29, 0.717) is 16.9 Å². The van der Waals surface area contributed by atoms with Crippen LogP contribution in [0.2, 0.25) is 0 Å². The van der Waals surface area contributed by atoms with Crippen LogP contribution in [-0.4, -0.2) is 4.98 Å². The van der Waals surface area contributed by atoms with Crippen molar-refractivity contribution < 1.29 is 4.42 Å². The Bertz CT molecular complexity index is 780. The lowest BCUT2D eigenvalue weighted by Gasteiger charge is -2.02. The maximum atomic E-state index is 11.9. The van der Waals surface area contributed by atoms with Gasteiger partial charge in [0.15, 0.2) is 11.1 Å². The molecule has 3 rings (SSSR count). The Morgan fingerprint density at radius 1 is 1.11 bits per heavy atom. The van der Waals surface area contributed by atoms with Crippen LogP contribution in [0.4, 0.5) is 0 Å². The van der Waals surface area contributed by atoms with Crippen LogP contribution in [0.15, 0.2) is 62.3 Å². The number of benzene rings is 1. The summed E-state index contributed by atoms with van der Waals surface area (Å²) in [6, 6.07) is 12.6. The molecule has 2 aromatic heterocycles. The predicted molar refractivity (Wildman–Crippen MR) is 73.4 cm³/mol. The summed E-state index contributed by atoms with van der Waals surface area (Å²) in [5.41, 5.74) is 1.58. The van der Waals surface area contributed by atoms with Gasteiger partial charge in [-0.2, -0.15) is 0 Å². The van der Waals surface area contributed by atoms with Gasteiger partial charge < -0.3 is 4.42 Å². The minimum atomic E-state index is -0.133. The van der Waals surface area contributed by atoms with Crippen molar-refractivity contribution in [2.45, 2.75) is 0 Å². The van der Waals surface area contributed by atoms with Gasteiger partial charge in [0.05, 0.1) is 0 Å². The van der Waals surface area contributed by atoms with E-state index in [-0.39, 0.29) is 5.43 Å². The Hall–Kier alpha value is -1.94. The summed E-state index contributed by atoms with van der Waals surface area (Å²) in [6.07, 6.45) is 1.58. The molecule has 0 atom stereocenters. The number of hydrogen-bond acceptors (Lipinski definition) is 3. The zero-order chi connectivity index (χ0) is 12.5. The van der Waals surface area contributed by atoms with E-state index in [9.17, 15) is 4.79 Å². The van der Waals surface area contributed by atoms with Crippen molar-refractivity contribution in [3.05, 3.63) is 63.4 Å². The lowest BCUT2D eigenvalue weighted by Crippen LogP contribution is -2.01. The molecule has 0 saturated heterocycles. The lowest BCUT2D eigenvalue weighted by atomic mass is 10.1. The molecule has 0 N–H and O–H groups in total. The van der Waals surface area contributed by atoms with Gasteiger partial charge in [0.2, 0.25) is 5.43 Å². The van der Waals surface area contributed by atoms with Gasteiger partial charge in [-0.1, -0.05) is 28.1 Å². The van der Waals surface area contributed by atoms with Gasteiger partial charge in [-0.3, -0.25) is 4.79 Å². The third-order valence-corrected chi connectivity index (χ3v) is 3.09. The number of halogens is 1. The number of fused-ring (bicyclic) bond motifs is 1. The van der Waals surface area contributed by atoms with Crippen molar-refractivity contribution >= 4 is 27.0 Å². The van der Waals surface area contributed by atoms with Crippen LogP contribution in [0.3, 0.4) is 0 Å². The third-order valence-electron chi connectivity index (χ3n) is 2.60. The molecule has 4 heteroatoms. The highest BCUT2D eigenvalue weighted by molar-refractivity contribution is 9.10. The Morgan fingerprint density at radius 3 is 2.83 bits per heavy atom. The standard InChI is InChI=1S/C14H8BrNO2/c15-10-4-1-3-9(7-10)13-8-11(17)14-12(18-13)5-2-6-16-14/h1-8H. The van der Waals surface area contributed by atoms with Gasteiger partial charge in [-0.15, -0.1) is 0 Å². The summed E-state index contributed by atoms with van der Waals surface area (Å²) in [5, 5.41) is 0. The smallest absolute Gasteiger partial charge is 0.211 e. The summed E-state index contributed by atoms with van der Waals surface area (Å²) >= 11 is 3.40. The monoisotopic (exact) mass is 301 g/mol. The van der Waals surface area contributed by atoms with E-state index in [1.54, 1.807) is 18.3 Å². The maximum absolute atomic E-state index is 11.9.